The first kappa shape index (κ1) is 16.4. The highest BCUT2D eigenvalue weighted by Crippen LogP contribution is 1.99. The van der Waals surface area contributed by atoms with Crippen LogP contribution in [0.5, 0.6) is 0 Å². The molecule has 0 unspecified atom stereocenters. The van der Waals surface area contributed by atoms with E-state index in [9.17, 15) is 14.4 Å². The van der Waals surface area contributed by atoms with Crippen molar-refractivity contribution in [3.63, 3.8) is 0 Å². The van der Waals surface area contributed by atoms with Crippen molar-refractivity contribution in [1.29, 1.82) is 0 Å². The van der Waals surface area contributed by atoms with Crippen LogP contribution in [0.1, 0.15) is 44.0 Å². The second-order valence-electron chi connectivity index (χ2n) is 5.30. The number of unbranched alkanes of at least 4 members (excludes halogenated alkanes) is 1. The maximum absolute atomic E-state index is 12.0. The van der Waals surface area contributed by atoms with Crippen molar-refractivity contribution in [2.24, 2.45) is 0 Å². The third-order valence-corrected chi connectivity index (χ3v) is 3.46. The number of hydrogen-bond donors (Lipinski definition) is 1. The zero-order valence-corrected chi connectivity index (χ0v) is 12.6. The van der Waals surface area contributed by atoms with Crippen LogP contribution in [0.25, 0.3) is 0 Å². The summed E-state index contributed by atoms with van der Waals surface area (Å²) < 4.78 is 1.10. The Labute approximate surface area is 118 Å². The van der Waals surface area contributed by atoms with Gasteiger partial charge in [-0.3, -0.25) is 14.2 Å². The van der Waals surface area contributed by atoms with E-state index in [0.717, 1.165) is 24.0 Å². The smallest absolute Gasteiger partial charge is 0.313 e. The number of nitrogens with zero attached hydrogens (tertiary/aromatic N) is 2. The molecule has 0 saturated carbocycles. The molecule has 1 rings (SSSR count). The van der Waals surface area contributed by atoms with Gasteiger partial charge in [-0.1, -0.05) is 0 Å². The standard InChI is InChI=1S/C14H23N3O3/c1-10(2)16(4)7-5-6-8-17-13(19)12(11(3)18)9-15-14(17)20/h9-10H,5-8H2,1-4H3,(H,15,20). The van der Waals surface area contributed by atoms with E-state index in [1.54, 1.807) is 0 Å². The number of Topliss-reactive ketones (excluding diaryl/α,β-unsaturated/α-hetero) is 1. The summed E-state index contributed by atoms with van der Waals surface area (Å²) in [5.41, 5.74) is -0.931. The molecule has 6 nitrogen and oxygen atoms in total. The molecule has 0 saturated heterocycles. The van der Waals surface area contributed by atoms with E-state index in [-0.39, 0.29) is 11.3 Å². The lowest BCUT2D eigenvalue weighted by Crippen LogP contribution is -2.38. The molecule has 0 aliphatic rings. The average Bonchev–Trinajstić information content (AvgIpc) is 2.36. The highest BCUT2D eigenvalue weighted by molar-refractivity contribution is 5.93. The minimum atomic E-state index is -0.501. The Bertz CT molecular complexity index is 572. The largest absolute Gasteiger partial charge is 0.328 e. The predicted octanol–water partition coefficient (Wildman–Crippen LogP) is 0.860. The van der Waals surface area contributed by atoms with E-state index in [4.69, 9.17) is 0 Å². The highest BCUT2D eigenvalue weighted by atomic mass is 16.2. The number of rotatable bonds is 7. The Morgan fingerprint density at radius 3 is 2.55 bits per heavy atom. The number of ketones is 1. The van der Waals surface area contributed by atoms with Gasteiger partial charge in [0.1, 0.15) is 0 Å². The second-order valence-corrected chi connectivity index (χ2v) is 5.30. The van der Waals surface area contributed by atoms with Gasteiger partial charge in [-0.15, -0.1) is 0 Å². The maximum atomic E-state index is 12.0. The number of H-pyrrole nitrogens is 1. The van der Waals surface area contributed by atoms with E-state index in [1.807, 2.05) is 7.05 Å². The monoisotopic (exact) mass is 281 g/mol. The van der Waals surface area contributed by atoms with Gasteiger partial charge in [0, 0.05) is 18.8 Å². The number of nitrogens with one attached hydrogen (secondary N) is 1. The first-order valence-corrected chi connectivity index (χ1v) is 6.88. The molecule has 1 N–H and O–H groups in total. The maximum Gasteiger partial charge on any atom is 0.328 e. The van der Waals surface area contributed by atoms with Crippen molar-refractivity contribution in [2.75, 3.05) is 13.6 Å². The van der Waals surface area contributed by atoms with Gasteiger partial charge >= 0.3 is 5.69 Å². The lowest BCUT2D eigenvalue weighted by atomic mass is 10.2. The molecule has 0 fully saturated rings. The number of hydrogen-bond acceptors (Lipinski definition) is 4. The molecule has 0 atom stereocenters. The Kier molecular flexibility index (Phi) is 5.88. The van der Waals surface area contributed by atoms with Crippen LogP contribution < -0.4 is 11.2 Å². The Morgan fingerprint density at radius 1 is 1.35 bits per heavy atom. The number of aromatic amines is 1. The molecule has 0 spiro atoms. The molecule has 0 aromatic carbocycles. The molecule has 1 aromatic heterocycles. The number of carbonyl (C=O) groups excluding carboxylic acids is 1. The molecule has 20 heavy (non-hydrogen) atoms. The minimum absolute atomic E-state index is 0.0314. The summed E-state index contributed by atoms with van der Waals surface area (Å²) in [7, 11) is 2.04. The molecule has 112 valence electrons. The summed E-state index contributed by atoms with van der Waals surface area (Å²) in [6, 6.07) is 0.474. The van der Waals surface area contributed by atoms with Gasteiger partial charge in [0.25, 0.3) is 5.56 Å². The van der Waals surface area contributed by atoms with Crippen LogP contribution in [0, 0.1) is 0 Å². The van der Waals surface area contributed by atoms with Gasteiger partial charge in [-0.05, 0) is 47.2 Å². The fourth-order valence-corrected chi connectivity index (χ4v) is 1.86. The third-order valence-electron chi connectivity index (χ3n) is 3.46. The Morgan fingerprint density at radius 2 is 2.00 bits per heavy atom. The molecular weight excluding hydrogens is 258 g/mol. The highest BCUT2D eigenvalue weighted by Gasteiger charge is 2.10. The summed E-state index contributed by atoms with van der Waals surface area (Å²) in [4.78, 5) is 39.5. The summed E-state index contributed by atoms with van der Waals surface area (Å²) in [6.45, 7) is 6.80. The summed E-state index contributed by atoms with van der Waals surface area (Å²) in [5.74, 6) is -0.334. The average molecular weight is 281 g/mol. The van der Waals surface area contributed by atoms with Gasteiger partial charge in [0.05, 0.1) is 5.56 Å². The van der Waals surface area contributed by atoms with Crippen molar-refractivity contribution >= 4 is 5.78 Å². The molecule has 0 amide bonds. The fraction of sp³-hybridized carbons (Fsp3) is 0.643. The van der Waals surface area contributed by atoms with Crippen molar-refractivity contribution in [3.05, 3.63) is 32.6 Å². The van der Waals surface area contributed by atoms with Crippen molar-refractivity contribution < 1.29 is 4.79 Å². The van der Waals surface area contributed by atoms with Crippen molar-refractivity contribution in [3.8, 4) is 0 Å². The van der Waals surface area contributed by atoms with Gasteiger partial charge in [-0.25, -0.2) is 4.79 Å². The van der Waals surface area contributed by atoms with E-state index in [2.05, 4.69) is 23.7 Å². The van der Waals surface area contributed by atoms with E-state index in [1.165, 1.54) is 13.1 Å². The molecule has 6 heteroatoms. The van der Waals surface area contributed by atoms with Gasteiger partial charge in [0.2, 0.25) is 0 Å². The van der Waals surface area contributed by atoms with Gasteiger partial charge in [0.15, 0.2) is 5.78 Å². The van der Waals surface area contributed by atoms with Crippen LogP contribution in [-0.2, 0) is 6.54 Å². The lowest BCUT2D eigenvalue weighted by Gasteiger charge is -2.20. The molecule has 0 bridgehead atoms. The van der Waals surface area contributed by atoms with Crippen molar-refractivity contribution in [1.82, 2.24) is 14.5 Å². The van der Waals surface area contributed by atoms with Crippen LogP contribution in [0.2, 0.25) is 0 Å². The second kappa shape index (κ2) is 7.19. The fourth-order valence-electron chi connectivity index (χ4n) is 1.86. The third kappa shape index (κ3) is 4.16. The first-order valence-electron chi connectivity index (χ1n) is 6.88. The van der Waals surface area contributed by atoms with E-state index in [0.29, 0.717) is 12.6 Å². The Hall–Kier alpha value is -1.69. The zero-order valence-electron chi connectivity index (χ0n) is 12.6. The predicted molar refractivity (Wildman–Crippen MR) is 78.3 cm³/mol. The van der Waals surface area contributed by atoms with Crippen LogP contribution in [0.3, 0.4) is 0 Å². The van der Waals surface area contributed by atoms with E-state index < -0.39 is 11.2 Å². The van der Waals surface area contributed by atoms with Crippen LogP contribution in [0.4, 0.5) is 0 Å². The molecule has 1 heterocycles. The number of aromatic nitrogens is 2. The lowest BCUT2D eigenvalue weighted by molar-refractivity contribution is 0.101. The molecule has 0 radical (unpaired) electrons. The molecule has 0 aliphatic carbocycles. The SMILES string of the molecule is CC(=O)c1c[nH]c(=O)n(CCCCN(C)C(C)C)c1=O. The summed E-state index contributed by atoms with van der Waals surface area (Å²) >= 11 is 0. The zero-order chi connectivity index (χ0) is 15.3. The van der Waals surface area contributed by atoms with Gasteiger partial charge < -0.3 is 9.88 Å². The quantitative estimate of drug-likeness (QED) is 0.594. The Balaban J connectivity index is 2.69. The topological polar surface area (TPSA) is 75.2 Å². The molecule has 1 aromatic rings. The first-order chi connectivity index (χ1) is 9.34. The normalized spacial score (nSPS) is 11.3. The van der Waals surface area contributed by atoms with E-state index >= 15 is 0 Å². The summed E-state index contributed by atoms with van der Waals surface area (Å²) in [6.07, 6.45) is 2.81. The van der Waals surface area contributed by atoms with Crippen LogP contribution in [-0.4, -0.2) is 39.9 Å². The van der Waals surface area contributed by atoms with Gasteiger partial charge in [-0.2, -0.15) is 0 Å². The van der Waals surface area contributed by atoms with Crippen LogP contribution in [0.15, 0.2) is 15.8 Å². The number of carbonyl (C=O) groups is 1. The minimum Gasteiger partial charge on any atom is -0.313 e. The summed E-state index contributed by atoms with van der Waals surface area (Å²) in [5, 5.41) is 0. The molecule has 0 aliphatic heterocycles. The van der Waals surface area contributed by atoms with Crippen LogP contribution >= 0.6 is 0 Å². The van der Waals surface area contributed by atoms with Crippen molar-refractivity contribution in [2.45, 2.75) is 46.2 Å². The molecular formula is C14H23N3O3.